The summed E-state index contributed by atoms with van der Waals surface area (Å²) in [5.41, 5.74) is 2.00. The monoisotopic (exact) mass is 207 g/mol. The van der Waals surface area contributed by atoms with Crippen LogP contribution < -0.4 is 10.1 Å². The number of halogens is 1. The van der Waals surface area contributed by atoms with Crippen LogP contribution in [-0.4, -0.2) is 19.7 Å². The maximum atomic E-state index is 13.8. The van der Waals surface area contributed by atoms with Crippen LogP contribution in [0.15, 0.2) is 12.1 Å². The lowest BCUT2D eigenvalue weighted by molar-refractivity contribution is 0.356. The molecule has 1 atom stereocenters. The fourth-order valence-corrected chi connectivity index (χ4v) is 2.61. The lowest BCUT2D eigenvalue weighted by Gasteiger charge is -2.14. The van der Waals surface area contributed by atoms with E-state index in [0.29, 0.717) is 12.5 Å². The van der Waals surface area contributed by atoms with Crippen LogP contribution in [0.5, 0.6) is 5.75 Å². The van der Waals surface area contributed by atoms with Crippen molar-refractivity contribution in [3.05, 3.63) is 29.1 Å². The first-order valence-corrected chi connectivity index (χ1v) is 5.51. The van der Waals surface area contributed by atoms with Gasteiger partial charge in [0.2, 0.25) is 0 Å². The normalized spacial score (nSPS) is 23.9. The molecule has 2 heterocycles. The summed E-state index contributed by atoms with van der Waals surface area (Å²) in [6.45, 7) is 2.59. The molecule has 0 bridgehead atoms. The van der Waals surface area contributed by atoms with E-state index >= 15 is 0 Å². The quantitative estimate of drug-likeness (QED) is 0.758. The van der Waals surface area contributed by atoms with Crippen LogP contribution in [0.2, 0.25) is 0 Å². The predicted octanol–water partition coefficient (Wildman–Crippen LogP) is 1.84. The molecule has 2 nitrogen and oxygen atoms in total. The van der Waals surface area contributed by atoms with E-state index in [9.17, 15) is 4.39 Å². The summed E-state index contributed by atoms with van der Waals surface area (Å²) in [6.07, 6.45) is 1.90. The molecule has 2 aliphatic rings. The Hall–Kier alpha value is -1.09. The molecule has 0 spiro atoms. The van der Waals surface area contributed by atoms with E-state index in [1.165, 1.54) is 6.07 Å². The second kappa shape index (κ2) is 3.49. The van der Waals surface area contributed by atoms with Gasteiger partial charge in [-0.3, -0.25) is 0 Å². The van der Waals surface area contributed by atoms with Crippen LogP contribution in [-0.2, 0) is 6.42 Å². The average molecular weight is 207 g/mol. The molecule has 1 saturated heterocycles. The van der Waals surface area contributed by atoms with Gasteiger partial charge in [-0.1, -0.05) is 0 Å². The third kappa shape index (κ3) is 1.42. The largest absolute Gasteiger partial charge is 0.493 e. The maximum absolute atomic E-state index is 13.8. The first kappa shape index (κ1) is 9.16. The van der Waals surface area contributed by atoms with Crippen molar-refractivity contribution in [3.63, 3.8) is 0 Å². The highest BCUT2D eigenvalue weighted by molar-refractivity contribution is 5.45. The molecule has 0 saturated carbocycles. The van der Waals surface area contributed by atoms with Crippen molar-refractivity contribution in [3.8, 4) is 5.75 Å². The molecular formula is C12H14FNO. The van der Waals surface area contributed by atoms with E-state index in [1.54, 1.807) is 6.07 Å². The lowest BCUT2D eigenvalue weighted by Crippen LogP contribution is -2.10. The molecule has 0 amide bonds. The fraction of sp³-hybridized carbons (Fsp3) is 0.500. The third-order valence-electron chi connectivity index (χ3n) is 3.34. The summed E-state index contributed by atoms with van der Waals surface area (Å²) in [6, 6.07) is 3.29. The van der Waals surface area contributed by atoms with E-state index in [-0.39, 0.29) is 5.82 Å². The smallest absolute Gasteiger partial charge is 0.127 e. The molecule has 0 radical (unpaired) electrons. The summed E-state index contributed by atoms with van der Waals surface area (Å²) >= 11 is 0. The van der Waals surface area contributed by atoms with Crippen molar-refractivity contribution in [1.29, 1.82) is 0 Å². The Labute approximate surface area is 88.4 Å². The Balaban J connectivity index is 2.08. The van der Waals surface area contributed by atoms with Crippen LogP contribution in [0.3, 0.4) is 0 Å². The molecule has 15 heavy (non-hydrogen) atoms. The summed E-state index contributed by atoms with van der Waals surface area (Å²) in [4.78, 5) is 0. The van der Waals surface area contributed by atoms with E-state index in [4.69, 9.17) is 4.74 Å². The van der Waals surface area contributed by atoms with Gasteiger partial charge in [-0.2, -0.15) is 0 Å². The van der Waals surface area contributed by atoms with Gasteiger partial charge in [-0.25, -0.2) is 4.39 Å². The van der Waals surface area contributed by atoms with Gasteiger partial charge in [0.05, 0.1) is 6.61 Å². The Kier molecular flexibility index (Phi) is 2.13. The first-order valence-electron chi connectivity index (χ1n) is 5.51. The Morgan fingerprint density at radius 2 is 2.33 bits per heavy atom. The van der Waals surface area contributed by atoms with Crippen LogP contribution in [0, 0.1) is 5.82 Å². The van der Waals surface area contributed by atoms with Gasteiger partial charge in [0, 0.05) is 24.4 Å². The van der Waals surface area contributed by atoms with Crippen molar-refractivity contribution in [1.82, 2.24) is 5.32 Å². The molecule has 2 aliphatic heterocycles. The minimum absolute atomic E-state index is 0.0621. The Morgan fingerprint density at radius 1 is 1.40 bits per heavy atom. The number of fused-ring (bicyclic) bond motifs is 1. The zero-order chi connectivity index (χ0) is 10.3. The van der Waals surface area contributed by atoms with Crippen LogP contribution in [0.1, 0.15) is 23.5 Å². The fourth-order valence-electron chi connectivity index (χ4n) is 2.61. The molecule has 0 aromatic heterocycles. The van der Waals surface area contributed by atoms with Crippen molar-refractivity contribution in [2.24, 2.45) is 0 Å². The Morgan fingerprint density at radius 3 is 3.13 bits per heavy atom. The molecule has 3 rings (SSSR count). The number of nitrogens with one attached hydrogen (secondary N) is 1. The molecule has 1 fully saturated rings. The molecule has 1 aromatic rings. The van der Waals surface area contributed by atoms with Gasteiger partial charge in [-0.15, -0.1) is 0 Å². The highest BCUT2D eigenvalue weighted by Gasteiger charge is 2.27. The zero-order valence-corrected chi connectivity index (χ0v) is 8.55. The predicted molar refractivity (Wildman–Crippen MR) is 55.8 cm³/mol. The van der Waals surface area contributed by atoms with Crippen molar-refractivity contribution in [2.75, 3.05) is 19.7 Å². The van der Waals surface area contributed by atoms with Gasteiger partial charge in [-0.05, 0) is 30.7 Å². The van der Waals surface area contributed by atoms with Crippen molar-refractivity contribution < 1.29 is 9.13 Å². The molecule has 1 N–H and O–H groups in total. The molecule has 80 valence electrons. The zero-order valence-electron chi connectivity index (χ0n) is 8.55. The average Bonchev–Trinajstić information content (AvgIpc) is 2.85. The minimum atomic E-state index is -0.0621. The number of benzene rings is 1. The maximum Gasteiger partial charge on any atom is 0.127 e. The minimum Gasteiger partial charge on any atom is -0.493 e. The van der Waals surface area contributed by atoms with Crippen molar-refractivity contribution >= 4 is 0 Å². The molecule has 1 aromatic carbocycles. The molecule has 3 heteroatoms. The van der Waals surface area contributed by atoms with E-state index in [0.717, 1.165) is 42.8 Å². The Bertz CT molecular complexity index is 385. The van der Waals surface area contributed by atoms with Crippen LogP contribution in [0.4, 0.5) is 4.39 Å². The van der Waals surface area contributed by atoms with E-state index in [2.05, 4.69) is 5.32 Å². The van der Waals surface area contributed by atoms with E-state index in [1.807, 2.05) is 0 Å². The number of ether oxygens (including phenoxy) is 1. The van der Waals surface area contributed by atoms with Crippen LogP contribution >= 0.6 is 0 Å². The van der Waals surface area contributed by atoms with Crippen LogP contribution in [0.25, 0.3) is 0 Å². The van der Waals surface area contributed by atoms with E-state index < -0.39 is 0 Å². The summed E-state index contributed by atoms with van der Waals surface area (Å²) in [5, 5.41) is 3.28. The molecule has 1 unspecified atom stereocenters. The summed E-state index contributed by atoms with van der Waals surface area (Å²) in [7, 11) is 0. The summed E-state index contributed by atoms with van der Waals surface area (Å²) in [5.74, 6) is 1.16. The highest BCUT2D eigenvalue weighted by atomic mass is 19.1. The summed E-state index contributed by atoms with van der Waals surface area (Å²) < 4.78 is 19.3. The number of rotatable bonds is 1. The number of hydrogen-bond acceptors (Lipinski definition) is 2. The molecule has 0 aliphatic carbocycles. The highest BCUT2D eigenvalue weighted by Crippen LogP contribution is 2.36. The first-order chi connectivity index (χ1) is 7.36. The standard InChI is InChI=1S/C12H14FNO/c13-10-1-2-11-9(4-6-15-11)12(10)8-3-5-14-7-8/h1-2,8,14H,3-7H2. The van der Waals surface area contributed by atoms with Crippen molar-refractivity contribution in [2.45, 2.75) is 18.8 Å². The second-order valence-electron chi connectivity index (χ2n) is 4.23. The molecular weight excluding hydrogens is 193 g/mol. The SMILES string of the molecule is Fc1ccc2c(c1C1CCNC1)CCO2. The third-order valence-corrected chi connectivity index (χ3v) is 3.34. The van der Waals surface area contributed by atoms with Gasteiger partial charge in [0.1, 0.15) is 11.6 Å². The second-order valence-corrected chi connectivity index (χ2v) is 4.23. The van der Waals surface area contributed by atoms with Gasteiger partial charge in [0.15, 0.2) is 0 Å². The number of hydrogen-bond donors (Lipinski definition) is 1. The topological polar surface area (TPSA) is 21.3 Å². The van der Waals surface area contributed by atoms with Gasteiger partial charge >= 0.3 is 0 Å². The van der Waals surface area contributed by atoms with Gasteiger partial charge in [0.25, 0.3) is 0 Å². The van der Waals surface area contributed by atoms with Gasteiger partial charge < -0.3 is 10.1 Å². The lowest BCUT2D eigenvalue weighted by atomic mass is 9.92.